The topological polar surface area (TPSA) is 16.4 Å². The van der Waals surface area contributed by atoms with E-state index in [1.807, 2.05) is 12.1 Å². The number of fused-ring (bicyclic) bond motifs is 6. The predicted molar refractivity (Wildman–Crippen MR) is 194 cm³/mol. The fourth-order valence-electron chi connectivity index (χ4n) is 6.87. The lowest BCUT2D eigenvalue weighted by Gasteiger charge is -2.26. The molecule has 216 valence electrons. The molecule has 0 bridgehead atoms. The van der Waals surface area contributed by atoms with E-state index in [-0.39, 0.29) is 0 Å². The van der Waals surface area contributed by atoms with Gasteiger partial charge in [-0.25, -0.2) is 0 Å². The van der Waals surface area contributed by atoms with Crippen LogP contribution in [0.2, 0.25) is 0 Å². The Bertz CT molecular complexity index is 2530. The number of benzene rings is 8. The van der Waals surface area contributed by atoms with E-state index in [1.54, 1.807) is 0 Å². The molecular weight excluding hydrogens is 558 g/mol. The Kier molecular flexibility index (Phi) is 6.17. The number of hydrogen-bond acceptors (Lipinski definition) is 2. The minimum atomic E-state index is 0.874. The van der Waals surface area contributed by atoms with Crippen molar-refractivity contribution in [3.8, 4) is 22.3 Å². The van der Waals surface area contributed by atoms with Crippen molar-refractivity contribution in [2.75, 3.05) is 4.90 Å². The van der Waals surface area contributed by atoms with Crippen LogP contribution in [0.4, 0.5) is 17.1 Å². The van der Waals surface area contributed by atoms with Crippen LogP contribution < -0.4 is 4.90 Å². The normalized spacial score (nSPS) is 11.5. The predicted octanol–water partition coefficient (Wildman–Crippen LogP) is 12.7. The first-order chi connectivity index (χ1) is 22.8. The van der Waals surface area contributed by atoms with Gasteiger partial charge in [-0.3, -0.25) is 0 Å². The van der Waals surface area contributed by atoms with Crippen molar-refractivity contribution in [3.05, 3.63) is 176 Å². The minimum Gasteiger partial charge on any atom is -0.454 e. The molecule has 9 rings (SSSR count). The highest BCUT2D eigenvalue weighted by molar-refractivity contribution is 6.14. The monoisotopic (exact) mass is 587 g/mol. The maximum Gasteiger partial charge on any atom is 0.159 e. The molecule has 0 unspecified atom stereocenters. The summed E-state index contributed by atoms with van der Waals surface area (Å²) in [7, 11) is 0. The second-order valence-electron chi connectivity index (χ2n) is 11.7. The van der Waals surface area contributed by atoms with Gasteiger partial charge in [0.2, 0.25) is 0 Å². The van der Waals surface area contributed by atoms with Crippen molar-refractivity contribution in [3.63, 3.8) is 0 Å². The zero-order valence-corrected chi connectivity index (χ0v) is 25.1. The minimum absolute atomic E-state index is 0.874. The van der Waals surface area contributed by atoms with Gasteiger partial charge in [0.15, 0.2) is 5.58 Å². The number of para-hydroxylation sites is 2. The van der Waals surface area contributed by atoms with Crippen molar-refractivity contribution in [2.45, 2.75) is 0 Å². The quantitative estimate of drug-likeness (QED) is 0.186. The molecule has 0 fully saturated rings. The summed E-state index contributed by atoms with van der Waals surface area (Å²) in [5.41, 5.74) is 9.67. The molecular formula is C44H29NO. The second kappa shape index (κ2) is 10.8. The lowest BCUT2D eigenvalue weighted by Crippen LogP contribution is -2.10. The Morgan fingerprint density at radius 3 is 1.87 bits per heavy atom. The van der Waals surface area contributed by atoms with E-state index in [2.05, 4.69) is 169 Å². The summed E-state index contributed by atoms with van der Waals surface area (Å²) in [6.45, 7) is 0. The van der Waals surface area contributed by atoms with Gasteiger partial charge < -0.3 is 9.32 Å². The van der Waals surface area contributed by atoms with Gasteiger partial charge in [-0.05, 0) is 86.3 Å². The molecule has 0 spiro atoms. The molecule has 2 heteroatoms. The Balaban J connectivity index is 1.23. The van der Waals surface area contributed by atoms with Crippen LogP contribution in [-0.4, -0.2) is 0 Å². The van der Waals surface area contributed by atoms with E-state index in [0.717, 1.165) is 39.0 Å². The zero-order chi connectivity index (χ0) is 30.5. The third kappa shape index (κ3) is 4.35. The van der Waals surface area contributed by atoms with Gasteiger partial charge in [-0.15, -0.1) is 0 Å². The fraction of sp³-hybridized carbons (Fsp3) is 0. The maximum absolute atomic E-state index is 6.56. The molecule has 0 aliphatic heterocycles. The molecule has 1 heterocycles. The first kappa shape index (κ1) is 26.3. The molecule has 9 aromatic rings. The average Bonchev–Trinajstić information content (AvgIpc) is 3.52. The van der Waals surface area contributed by atoms with Crippen LogP contribution in [-0.2, 0) is 0 Å². The van der Waals surface area contributed by atoms with E-state index in [1.165, 1.54) is 43.8 Å². The number of hydrogen-bond donors (Lipinski definition) is 0. The van der Waals surface area contributed by atoms with Gasteiger partial charge in [-0.2, -0.15) is 0 Å². The molecule has 8 aromatic carbocycles. The molecule has 1 aromatic heterocycles. The van der Waals surface area contributed by atoms with Crippen LogP contribution >= 0.6 is 0 Å². The van der Waals surface area contributed by atoms with Crippen molar-refractivity contribution in [1.29, 1.82) is 0 Å². The van der Waals surface area contributed by atoms with Crippen LogP contribution in [0, 0.1) is 0 Å². The molecule has 0 aliphatic rings. The van der Waals surface area contributed by atoms with E-state index < -0.39 is 0 Å². The smallest absolute Gasteiger partial charge is 0.159 e. The van der Waals surface area contributed by atoms with Crippen molar-refractivity contribution >= 4 is 60.5 Å². The van der Waals surface area contributed by atoms with E-state index in [4.69, 9.17) is 4.42 Å². The Labute approximate surface area is 267 Å². The summed E-state index contributed by atoms with van der Waals surface area (Å²) >= 11 is 0. The molecule has 46 heavy (non-hydrogen) atoms. The molecule has 0 N–H and O–H groups in total. The summed E-state index contributed by atoms with van der Waals surface area (Å²) in [6, 6.07) is 62.7. The molecule has 0 radical (unpaired) electrons. The largest absolute Gasteiger partial charge is 0.454 e. The Morgan fingerprint density at radius 1 is 0.370 bits per heavy atom. The fourth-order valence-corrected chi connectivity index (χ4v) is 6.87. The SMILES string of the molecule is c1ccc(-c2cccc(N(c3ccc(-c4cc5ccccc5c5ccccc45)cc3)c3cccc4c3oc3ccccc34)c2)cc1. The molecule has 0 saturated heterocycles. The van der Waals surface area contributed by atoms with Crippen LogP contribution in [0.15, 0.2) is 180 Å². The van der Waals surface area contributed by atoms with Crippen molar-refractivity contribution < 1.29 is 4.42 Å². The zero-order valence-electron chi connectivity index (χ0n) is 25.1. The third-order valence-electron chi connectivity index (χ3n) is 9.04. The van der Waals surface area contributed by atoms with Crippen molar-refractivity contribution in [2.24, 2.45) is 0 Å². The summed E-state index contributed by atoms with van der Waals surface area (Å²) in [5.74, 6) is 0. The summed E-state index contributed by atoms with van der Waals surface area (Å²) in [5, 5.41) is 7.29. The Hall–Kier alpha value is -6.12. The summed E-state index contributed by atoms with van der Waals surface area (Å²) in [6.07, 6.45) is 0. The van der Waals surface area contributed by atoms with Gasteiger partial charge in [0.1, 0.15) is 5.58 Å². The first-order valence-electron chi connectivity index (χ1n) is 15.7. The van der Waals surface area contributed by atoms with Crippen LogP contribution in [0.1, 0.15) is 0 Å². The summed E-state index contributed by atoms with van der Waals surface area (Å²) < 4.78 is 6.56. The van der Waals surface area contributed by atoms with E-state index >= 15 is 0 Å². The van der Waals surface area contributed by atoms with E-state index in [9.17, 15) is 0 Å². The van der Waals surface area contributed by atoms with Gasteiger partial charge >= 0.3 is 0 Å². The highest BCUT2D eigenvalue weighted by Crippen LogP contribution is 2.44. The third-order valence-corrected chi connectivity index (χ3v) is 9.04. The van der Waals surface area contributed by atoms with Crippen LogP contribution in [0.3, 0.4) is 0 Å². The Morgan fingerprint density at radius 2 is 1.02 bits per heavy atom. The molecule has 0 atom stereocenters. The number of anilines is 3. The van der Waals surface area contributed by atoms with Gasteiger partial charge in [0.05, 0.1) is 5.69 Å². The van der Waals surface area contributed by atoms with Crippen molar-refractivity contribution in [1.82, 2.24) is 0 Å². The standard InChI is InChI=1S/C44H29NO/c1-2-12-30(13-3-1)32-15-10-16-35(28-32)45(42-22-11-21-40-39-20-8-9-23-43(39)46-44(40)42)34-26-24-31(25-27-34)41-29-33-14-4-5-17-36(33)37-18-6-7-19-38(37)41/h1-29H. The van der Waals surface area contributed by atoms with Crippen LogP contribution in [0.25, 0.3) is 65.7 Å². The highest BCUT2D eigenvalue weighted by atomic mass is 16.3. The number of rotatable bonds is 5. The lowest BCUT2D eigenvalue weighted by molar-refractivity contribution is 0.669. The first-order valence-corrected chi connectivity index (χ1v) is 15.7. The number of furan rings is 1. The summed E-state index contributed by atoms with van der Waals surface area (Å²) in [4.78, 5) is 2.32. The molecule has 0 aliphatic carbocycles. The molecule has 0 saturated carbocycles. The number of nitrogens with zero attached hydrogens (tertiary/aromatic N) is 1. The van der Waals surface area contributed by atoms with Gasteiger partial charge in [0, 0.05) is 22.1 Å². The van der Waals surface area contributed by atoms with Gasteiger partial charge in [-0.1, -0.05) is 133 Å². The highest BCUT2D eigenvalue weighted by Gasteiger charge is 2.20. The lowest BCUT2D eigenvalue weighted by atomic mass is 9.93. The second-order valence-corrected chi connectivity index (χ2v) is 11.7. The average molecular weight is 588 g/mol. The molecule has 0 amide bonds. The van der Waals surface area contributed by atoms with Gasteiger partial charge in [0.25, 0.3) is 0 Å². The van der Waals surface area contributed by atoms with E-state index in [0.29, 0.717) is 0 Å². The van der Waals surface area contributed by atoms with Crippen LogP contribution in [0.5, 0.6) is 0 Å². The molecule has 2 nitrogen and oxygen atoms in total. The maximum atomic E-state index is 6.56.